The van der Waals surface area contributed by atoms with Crippen LogP contribution >= 0.6 is 34.5 Å². The van der Waals surface area contributed by atoms with Gasteiger partial charge in [-0.3, -0.25) is 4.79 Å². The number of aromatic nitrogens is 1. The van der Waals surface area contributed by atoms with E-state index in [-0.39, 0.29) is 5.91 Å². The van der Waals surface area contributed by atoms with Crippen LogP contribution in [0.1, 0.15) is 9.67 Å². The molecular formula is C26H17Cl2N3OS. The fourth-order valence-corrected chi connectivity index (χ4v) is 5.25. The number of nitrogens with two attached hydrogens (primary N) is 1. The normalized spacial score (nSPS) is 11.0. The fraction of sp³-hybridized carbons (Fsp3) is 0. The lowest BCUT2D eigenvalue weighted by Gasteiger charge is -2.09. The Kier molecular flexibility index (Phi) is 5.77. The minimum absolute atomic E-state index is 0.339. The van der Waals surface area contributed by atoms with Gasteiger partial charge in [0.2, 0.25) is 0 Å². The number of nitrogen functional groups attached to an aromatic ring is 1. The van der Waals surface area contributed by atoms with Gasteiger partial charge in [0, 0.05) is 26.7 Å². The molecule has 0 spiro atoms. The topological polar surface area (TPSA) is 68.0 Å². The Labute approximate surface area is 204 Å². The molecule has 0 saturated heterocycles. The predicted molar refractivity (Wildman–Crippen MR) is 139 cm³/mol. The third-order valence-corrected chi connectivity index (χ3v) is 6.71. The number of nitrogens with one attached hydrogen (secondary N) is 1. The summed E-state index contributed by atoms with van der Waals surface area (Å²) in [6, 6.07) is 26.8. The van der Waals surface area contributed by atoms with Gasteiger partial charge in [-0.2, -0.15) is 0 Å². The van der Waals surface area contributed by atoms with E-state index in [4.69, 9.17) is 33.9 Å². The zero-order valence-electron chi connectivity index (χ0n) is 17.2. The van der Waals surface area contributed by atoms with Gasteiger partial charge in [-0.05, 0) is 35.4 Å². The SMILES string of the molecule is Nc1c(C(=O)Nc2cc(Cl)cc(Cl)c2)sc2nc(-c3ccccc3)cc(-c3ccccc3)c12. The van der Waals surface area contributed by atoms with E-state index in [1.54, 1.807) is 18.2 Å². The molecule has 0 saturated carbocycles. The Morgan fingerprint density at radius 1 is 0.848 bits per heavy atom. The second-order valence-corrected chi connectivity index (χ2v) is 9.30. The van der Waals surface area contributed by atoms with Crippen molar-refractivity contribution in [2.75, 3.05) is 11.1 Å². The predicted octanol–water partition coefficient (Wildman–Crippen LogP) is 7.77. The van der Waals surface area contributed by atoms with Gasteiger partial charge in [0.1, 0.15) is 9.71 Å². The molecule has 3 N–H and O–H groups in total. The molecule has 7 heteroatoms. The highest BCUT2D eigenvalue weighted by atomic mass is 35.5. The molecule has 0 unspecified atom stereocenters. The number of amides is 1. The van der Waals surface area contributed by atoms with Crippen LogP contribution < -0.4 is 11.1 Å². The lowest BCUT2D eigenvalue weighted by Crippen LogP contribution is -2.12. The molecule has 0 atom stereocenters. The zero-order valence-corrected chi connectivity index (χ0v) is 19.5. The number of thiophene rings is 1. The Morgan fingerprint density at radius 2 is 1.45 bits per heavy atom. The highest BCUT2D eigenvalue weighted by Crippen LogP contribution is 2.41. The van der Waals surface area contributed by atoms with Crippen LogP contribution in [0, 0.1) is 0 Å². The van der Waals surface area contributed by atoms with E-state index in [1.165, 1.54) is 11.3 Å². The molecule has 0 radical (unpaired) electrons. The van der Waals surface area contributed by atoms with E-state index in [9.17, 15) is 4.79 Å². The van der Waals surface area contributed by atoms with Crippen molar-refractivity contribution in [2.24, 2.45) is 0 Å². The number of carbonyl (C=O) groups excluding carboxylic acids is 1. The number of nitrogens with zero attached hydrogens (tertiary/aromatic N) is 1. The molecule has 2 aromatic heterocycles. The summed E-state index contributed by atoms with van der Waals surface area (Å²) < 4.78 is 0. The van der Waals surface area contributed by atoms with Gasteiger partial charge >= 0.3 is 0 Å². The second kappa shape index (κ2) is 8.87. The number of halogens is 2. The first-order valence-electron chi connectivity index (χ1n) is 10.1. The number of carbonyl (C=O) groups is 1. The van der Waals surface area contributed by atoms with Gasteiger partial charge in [0.25, 0.3) is 5.91 Å². The van der Waals surface area contributed by atoms with Crippen molar-refractivity contribution in [1.82, 2.24) is 4.98 Å². The second-order valence-electron chi connectivity index (χ2n) is 7.42. The number of hydrogen-bond donors (Lipinski definition) is 2. The molecule has 3 aromatic carbocycles. The molecule has 0 fully saturated rings. The minimum atomic E-state index is -0.339. The highest BCUT2D eigenvalue weighted by molar-refractivity contribution is 7.21. The van der Waals surface area contributed by atoms with Crippen molar-refractivity contribution in [3.05, 3.63) is 99.9 Å². The number of fused-ring (bicyclic) bond motifs is 1. The highest BCUT2D eigenvalue weighted by Gasteiger charge is 2.22. The first kappa shape index (κ1) is 21.5. The van der Waals surface area contributed by atoms with Crippen LogP contribution in [-0.4, -0.2) is 10.9 Å². The molecule has 5 aromatic rings. The number of rotatable bonds is 4. The number of pyridine rings is 1. The Bertz CT molecular complexity index is 1460. The lowest BCUT2D eigenvalue weighted by atomic mass is 9.99. The minimum Gasteiger partial charge on any atom is -0.397 e. The van der Waals surface area contributed by atoms with E-state index in [0.29, 0.717) is 31.1 Å². The third kappa shape index (κ3) is 4.31. The number of benzene rings is 3. The van der Waals surface area contributed by atoms with Gasteiger partial charge in [0.15, 0.2) is 0 Å². The monoisotopic (exact) mass is 489 g/mol. The van der Waals surface area contributed by atoms with E-state index in [2.05, 4.69) is 5.32 Å². The summed E-state index contributed by atoms with van der Waals surface area (Å²) in [4.78, 5) is 19.1. The third-order valence-electron chi connectivity index (χ3n) is 5.18. The molecule has 2 heterocycles. The van der Waals surface area contributed by atoms with Crippen molar-refractivity contribution in [3.63, 3.8) is 0 Å². The van der Waals surface area contributed by atoms with Crippen LogP contribution in [0.25, 0.3) is 32.6 Å². The molecule has 1 amide bonds. The van der Waals surface area contributed by atoms with Crippen molar-refractivity contribution >= 4 is 62.0 Å². The molecule has 0 aliphatic carbocycles. The Hall–Kier alpha value is -3.38. The van der Waals surface area contributed by atoms with Crippen molar-refractivity contribution in [1.29, 1.82) is 0 Å². The van der Waals surface area contributed by atoms with Gasteiger partial charge < -0.3 is 11.1 Å². The summed E-state index contributed by atoms with van der Waals surface area (Å²) >= 11 is 13.4. The van der Waals surface area contributed by atoms with Crippen LogP contribution in [0.3, 0.4) is 0 Å². The molecule has 0 bridgehead atoms. The molecular weight excluding hydrogens is 473 g/mol. The lowest BCUT2D eigenvalue weighted by molar-refractivity contribution is 0.103. The maximum atomic E-state index is 13.1. The number of anilines is 2. The Balaban J connectivity index is 1.66. The van der Waals surface area contributed by atoms with E-state index < -0.39 is 0 Å². The Morgan fingerprint density at radius 3 is 2.09 bits per heavy atom. The van der Waals surface area contributed by atoms with E-state index >= 15 is 0 Å². The average molecular weight is 490 g/mol. The summed E-state index contributed by atoms with van der Waals surface area (Å²) in [7, 11) is 0. The molecule has 162 valence electrons. The molecule has 4 nitrogen and oxygen atoms in total. The van der Waals surface area contributed by atoms with E-state index in [0.717, 1.165) is 27.8 Å². The zero-order chi connectivity index (χ0) is 22.9. The maximum absolute atomic E-state index is 13.1. The van der Waals surface area contributed by atoms with Gasteiger partial charge in [-0.25, -0.2) is 4.98 Å². The van der Waals surface area contributed by atoms with Crippen molar-refractivity contribution < 1.29 is 4.79 Å². The first-order valence-corrected chi connectivity index (χ1v) is 11.7. The van der Waals surface area contributed by atoms with Gasteiger partial charge in [0.05, 0.1) is 11.4 Å². The van der Waals surface area contributed by atoms with Crippen LogP contribution in [0.4, 0.5) is 11.4 Å². The quantitative estimate of drug-likeness (QED) is 0.270. The summed E-state index contributed by atoms with van der Waals surface area (Å²) in [5, 5.41) is 4.47. The van der Waals surface area contributed by atoms with Gasteiger partial charge in [-0.15, -0.1) is 11.3 Å². The van der Waals surface area contributed by atoms with Crippen LogP contribution in [0.5, 0.6) is 0 Å². The van der Waals surface area contributed by atoms with E-state index in [1.807, 2.05) is 66.7 Å². The molecule has 33 heavy (non-hydrogen) atoms. The fourth-order valence-electron chi connectivity index (χ4n) is 3.71. The summed E-state index contributed by atoms with van der Waals surface area (Å²) in [6.07, 6.45) is 0. The molecule has 5 rings (SSSR count). The number of hydrogen-bond acceptors (Lipinski definition) is 4. The first-order chi connectivity index (χ1) is 16.0. The van der Waals surface area contributed by atoms with Crippen molar-refractivity contribution in [3.8, 4) is 22.4 Å². The van der Waals surface area contributed by atoms with Crippen molar-refractivity contribution in [2.45, 2.75) is 0 Å². The summed E-state index contributed by atoms with van der Waals surface area (Å²) in [5.41, 5.74) is 11.2. The summed E-state index contributed by atoms with van der Waals surface area (Å²) in [5.74, 6) is -0.339. The molecule has 0 aliphatic rings. The van der Waals surface area contributed by atoms with Crippen LogP contribution in [0.15, 0.2) is 84.9 Å². The molecule has 0 aliphatic heterocycles. The largest absolute Gasteiger partial charge is 0.397 e. The maximum Gasteiger partial charge on any atom is 0.267 e. The standard InChI is InChI=1S/C26H17Cl2N3OS/c27-17-11-18(28)13-19(12-17)30-25(32)24-23(29)22-20(15-7-3-1-4-8-15)14-21(31-26(22)33-24)16-9-5-2-6-10-16/h1-14H,29H2,(H,30,32). The van der Waals surface area contributed by atoms with Crippen LogP contribution in [-0.2, 0) is 0 Å². The van der Waals surface area contributed by atoms with Crippen LogP contribution in [0.2, 0.25) is 10.0 Å². The smallest absolute Gasteiger partial charge is 0.267 e. The average Bonchev–Trinajstić information content (AvgIpc) is 3.15. The summed E-state index contributed by atoms with van der Waals surface area (Å²) in [6.45, 7) is 0. The van der Waals surface area contributed by atoms with Gasteiger partial charge in [-0.1, -0.05) is 83.9 Å².